The molecule has 1 aliphatic heterocycles. The van der Waals surface area contributed by atoms with Crippen LogP contribution in [0.25, 0.3) is 0 Å². The standard InChI is InChI=1S/C10H17N5O3S/c1-14-5-7(3-4-9(14)16)13-19(17,18)8-6-15(2)12-10(8)11/h6-7,13H,3-5H2,1-2H3,(H2,11,12). The fourth-order valence-electron chi connectivity index (χ4n) is 2.08. The average Bonchev–Trinajstić information content (AvgIpc) is 2.63. The molecule has 1 unspecified atom stereocenters. The van der Waals surface area contributed by atoms with Gasteiger partial charge in [-0.05, 0) is 6.42 Å². The van der Waals surface area contributed by atoms with Crippen LogP contribution in [0, 0.1) is 0 Å². The van der Waals surface area contributed by atoms with Crippen LogP contribution < -0.4 is 10.5 Å². The summed E-state index contributed by atoms with van der Waals surface area (Å²) in [5, 5.41) is 3.81. The average molecular weight is 287 g/mol. The van der Waals surface area contributed by atoms with Crippen LogP contribution >= 0.6 is 0 Å². The first-order chi connectivity index (χ1) is 8.79. The third kappa shape index (κ3) is 2.87. The molecule has 9 heteroatoms. The Morgan fingerprint density at radius 3 is 2.68 bits per heavy atom. The lowest BCUT2D eigenvalue weighted by molar-refractivity contribution is -0.132. The van der Waals surface area contributed by atoms with E-state index in [2.05, 4.69) is 9.82 Å². The van der Waals surface area contributed by atoms with Crippen molar-refractivity contribution in [1.29, 1.82) is 0 Å². The van der Waals surface area contributed by atoms with Crippen molar-refractivity contribution in [2.75, 3.05) is 19.3 Å². The van der Waals surface area contributed by atoms with E-state index in [0.717, 1.165) is 0 Å². The third-order valence-corrected chi connectivity index (χ3v) is 4.60. The van der Waals surface area contributed by atoms with Gasteiger partial charge in [-0.1, -0.05) is 0 Å². The SMILES string of the molecule is CN1CC(NS(=O)(=O)c2cn(C)nc2N)CCC1=O. The molecule has 0 bridgehead atoms. The van der Waals surface area contributed by atoms with E-state index in [-0.39, 0.29) is 22.7 Å². The summed E-state index contributed by atoms with van der Waals surface area (Å²) in [4.78, 5) is 12.8. The lowest BCUT2D eigenvalue weighted by Gasteiger charge is -2.29. The molecular weight excluding hydrogens is 270 g/mol. The summed E-state index contributed by atoms with van der Waals surface area (Å²) < 4.78 is 28.3. The van der Waals surface area contributed by atoms with Crippen molar-refractivity contribution >= 4 is 21.7 Å². The fourth-order valence-corrected chi connectivity index (χ4v) is 3.45. The highest BCUT2D eigenvalue weighted by molar-refractivity contribution is 7.89. The Morgan fingerprint density at radius 2 is 2.16 bits per heavy atom. The topological polar surface area (TPSA) is 110 Å². The summed E-state index contributed by atoms with van der Waals surface area (Å²) in [7, 11) is -0.453. The van der Waals surface area contributed by atoms with Gasteiger partial charge in [-0.2, -0.15) is 5.10 Å². The van der Waals surface area contributed by atoms with E-state index in [4.69, 9.17) is 5.73 Å². The molecule has 3 N–H and O–H groups in total. The van der Waals surface area contributed by atoms with E-state index in [9.17, 15) is 13.2 Å². The van der Waals surface area contributed by atoms with Crippen molar-refractivity contribution in [3.8, 4) is 0 Å². The highest BCUT2D eigenvalue weighted by Crippen LogP contribution is 2.18. The number of nitrogens with two attached hydrogens (primary N) is 1. The molecule has 0 saturated carbocycles. The third-order valence-electron chi connectivity index (χ3n) is 3.06. The number of sulfonamides is 1. The Hall–Kier alpha value is -1.61. The number of aromatic nitrogens is 2. The van der Waals surface area contributed by atoms with Gasteiger partial charge in [-0.25, -0.2) is 13.1 Å². The number of nitrogens with one attached hydrogen (secondary N) is 1. The highest BCUT2D eigenvalue weighted by Gasteiger charge is 2.29. The predicted octanol–water partition coefficient (Wildman–Crippen LogP) is -1.10. The van der Waals surface area contributed by atoms with Crippen LogP contribution in [0.2, 0.25) is 0 Å². The van der Waals surface area contributed by atoms with Crippen LogP contribution in [0.5, 0.6) is 0 Å². The lowest BCUT2D eigenvalue weighted by atomic mass is 10.1. The first kappa shape index (κ1) is 13.8. The number of nitrogens with zero attached hydrogens (tertiary/aromatic N) is 3. The summed E-state index contributed by atoms with van der Waals surface area (Å²) in [5.74, 6) is -0.00780. The number of amides is 1. The summed E-state index contributed by atoms with van der Waals surface area (Å²) >= 11 is 0. The van der Waals surface area contributed by atoms with Gasteiger partial charge in [0.2, 0.25) is 15.9 Å². The highest BCUT2D eigenvalue weighted by atomic mass is 32.2. The zero-order valence-corrected chi connectivity index (χ0v) is 11.6. The number of rotatable bonds is 3. The summed E-state index contributed by atoms with van der Waals surface area (Å²) in [5.41, 5.74) is 5.57. The molecule has 1 aliphatic rings. The zero-order chi connectivity index (χ0) is 14.2. The lowest BCUT2D eigenvalue weighted by Crippen LogP contribution is -2.48. The predicted molar refractivity (Wildman–Crippen MR) is 68.6 cm³/mol. The molecule has 19 heavy (non-hydrogen) atoms. The second-order valence-corrected chi connectivity index (χ2v) is 6.37. The van der Waals surface area contributed by atoms with Crippen molar-refractivity contribution in [2.24, 2.45) is 7.05 Å². The van der Waals surface area contributed by atoms with Gasteiger partial charge in [0.15, 0.2) is 5.82 Å². The van der Waals surface area contributed by atoms with Crippen LogP contribution in [0.1, 0.15) is 12.8 Å². The van der Waals surface area contributed by atoms with Gasteiger partial charge >= 0.3 is 0 Å². The van der Waals surface area contributed by atoms with Crippen molar-refractivity contribution in [3.05, 3.63) is 6.20 Å². The molecular formula is C10H17N5O3S. The number of likely N-dealkylation sites (N-methyl/N-ethyl adjacent to an activating group) is 1. The summed E-state index contributed by atoms with van der Waals surface area (Å²) in [6.07, 6.45) is 2.18. The van der Waals surface area contributed by atoms with Crippen molar-refractivity contribution < 1.29 is 13.2 Å². The maximum atomic E-state index is 12.2. The van der Waals surface area contributed by atoms with E-state index < -0.39 is 10.0 Å². The van der Waals surface area contributed by atoms with Crippen molar-refractivity contribution in [1.82, 2.24) is 19.4 Å². The van der Waals surface area contributed by atoms with Crippen LogP contribution in [-0.2, 0) is 21.9 Å². The second kappa shape index (κ2) is 4.82. The Balaban J connectivity index is 2.14. The molecule has 1 amide bonds. The molecule has 2 heterocycles. The van der Waals surface area contributed by atoms with Crippen molar-refractivity contribution in [3.63, 3.8) is 0 Å². The fraction of sp³-hybridized carbons (Fsp3) is 0.600. The van der Waals surface area contributed by atoms with Gasteiger partial charge < -0.3 is 10.6 Å². The number of nitrogen functional groups attached to an aromatic ring is 1. The zero-order valence-electron chi connectivity index (χ0n) is 10.8. The molecule has 2 rings (SSSR count). The molecule has 0 radical (unpaired) electrons. The van der Waals surface area contributed by atoms with Crippen LogP contribution in [0.4, 0.5) is 5.82 Å². The number of likely N-dealkylation sites (tertiary alicyclic amines) is 1. The quantitative estimate of drug-likeness (QED) is 0.733. The molecule has 8 nitrogen and oxygen atoms in total. The Kier molecular flexibility index (Phi) is 3.50. The van der Waals surface area contributed by atoms with Gasteiger partial charge in [0.25, 0.3) is 0 Å². The molecule has 1 atom stereocenters. The maximum Gasteiger partial charge on any atom is 0.246 e. The van der Waals surface area contributed by atoms with Gasteiger partial charge in [0.05, 0.1) is 0 Å². The minimum absolute atomic E-state index is 0.0244. The number of carbonyl (C=O) groups excluding carboxylic acids is 1. The largest absolute Gasteiger partial charge is 0.381 e. The Morgan fingerprint density at radius 1 is 1.47 bits per heavy atom. The summed E-state index contributed by atoms with van der Waals surface area (Å²) in [6, 6.07) is -0.299. The van der Waals surface area contributed by atoms with Crippen LogP contribution in [0.3, 0.4) is 0 Å². The molecule has 106 valence electrons. The number of piperidine rings is 1. The number of aryl methyl sites for hydroxylation is 1. The Bertz CT molecular complexity index is 594. The Labute approximate surface area is 111 Å². The number of anilines is 1. The number of hydrogen-bond acceptors (Lipinski definition) is 5. The van der Waals surface area contributed by atoms with Gasteiger partial charge in [0.1, 0.15) is 4.90 Å². The van der Waals surface area contributed by atoms with E-state index in [1.165, 1.54) is 15.8 Å². The second-order valence-electron chi connectivity index (χ2n) is 4.68. The molecule has 1 aromatic heterocycles. The minimum Gasteiger partial charge on any atom is -0.381 e. The number of carbonyl (C=O) groups is 1. The molecule has 0 spiro atoms. The minimum atomic E-state index is -3.71. The smallest absolute Gasteiger partial charge is 0.246 e. The van der Waals surface area contributed by atoms with Crippen LogP contribution in [-0.4, -0.2) is 48.6 Å². The van der Waals surface area contributed by atoms with E-state index in [1.807, 2.05) is 0 Å². The molecule has 0 aromatic carbocycles. The van der Waals surface area contributed by atoms with Gasteiger partial charge in [-0.3, -0.25) is 9.48 Å². The molecule has 1 fully saturated rings. The van der Waals surface area contributed by atoms with Gasteiger partial charge in [-0.15, -0.1) is 0 Å². The molecule has 0 aliphatic carbocycles. The van der Waals surface area contributed by atoms with Crippen molar-refractivity contribution in [2.45, 2.75) is 23.8 Å². The number of hydrogen-bond donors (Lipinski definition) is 2. The van der Waals surface area contributed by atoms with E-state index >= 15 is 0 Å². The normalized spacial score (nSPS) is 20.8. The van der Waals surface area contributed by atoms with Crippen LogP contribution in [0.15, 0.2) is 11.1 Å². The first-order valence-corrected chi connectivity index (χ1v) is 7.33. The maximum absolute atomic E-state index is 12.2. The monoisotopic (exact) mass is 287 g/mol. The summed E-state index contributed by atoms with van der Waals surface area (Å²) in [6.45, 7) is 0.359. The van der Waals surface area contributed by atoms with Gasteiger partial charge in [0, 0.05) is 39.3 Å². The molecule has 1 saturated heterocycles. The first-order valence-electron chi connectivity index (χ1n) is 5.85. The molecule has 1 aromatic rings. The van der Waals surface area contributed by atoms with E-state index in [0.29, 0.717) is 19.4 Å². The van der Waals surface area contributed by atoms with E-state index in [1.54, 1.807) is 14.1 Å².